The zero-order valence-electron chi connectivity index (χ0n) is 25.9. The van der Waals surface area contributed by atoms with Crippen molar-refractivity contribution in [3.8, 4) is 0 Å². The Labute approximate surface area is 241 Å². The standard InChI is InChI=1S/C33H54N2O5/c1-19(2)9-8-10-22(30(38)39)28-24-17-26(37)29-31(5)13-12-25(35-16-15-34)20(3)23(31)11-14-32(29,6)33(24,7)18-27(28)40-21(4)36/h9,20,23-27,29,35,37H,8,10-18,34H2,1-7H3,(H,38,39)/b28-22-/t20-,23-,24-,25?,26+,27-,29-,31-,32-,33-/m0/s1. The van der Waals surface area contributed by atoms with Crippen LogP contribution in [0, 0.1) is 39.9 Å². The van der Waals surface area contributed by atoms with Crippen molar-refractivity contribution in [1.29, 1.82) is 0 Å². The summed E-state index contributed by atoms with van der Waals surface area (Å²) in [6, 6.07) is 0.448. The third kappa shape index (κ3) is 5.09. The van der Waals surface area contributed by atoms with Gasteiger partial charge < -0.3 is 26.0 Å². The highest BCUT2D eigenvalue weighted by Crippen LogP contribution is 2.74. The van der Waals surface area contributed by atoms with Crippen molar-refractivity contribution in [1.82, 2.24) is 5.32 Å². The van der Waals surface area contributed by atoms with Gasteiger partial charge in [-0.1, -0.05) is 39.3 Å². The van der Waals surface area contributed by atoms with Crippen molar-refractivity contribution in [3.05, 3.63) is 22.8 Å². The van der Waals surface area contributed by atoms with Crippen molar-refractivity contribution in [2.24, 2.45) is 45.7 Å². The second-order valence-corrected chi connectivity index (χ2v) is 14.4. The van der Waals surface area contributed by atoms with Gasteiger partial charge in [0.2, 0.25) is 0 Å². The van der Waals surface area contributed by atoms with E-state index in [0.29, 0.717) is 55.7 Å². The summed E-state index contributed by atoms with van der Waals surface area (Å²) in [4.78, 5) is 25.0. The Balaban J connectivity index is 1.76. The molecule has 0 radical (unpaired) electrons. The number of fused-ring (bicyclic) bond motifs is 5. The molecule has 0 heterocycles. The quantitative estimate of drug-likeness (QED) is 0.183. The van der Waals surface area contributed by atoms with E-state index >= 15 is 0 Å². The number of hydrogen-bond acceptors (Lipinski definition) is 6. The van der Waals surface area contributed by atoms with Gasteiger partial charge in [0.25, 0.3) is 0 Å². The highest BCUT2D eigenvalue weighted by Gasteiger charge is 2.70. The first kappa shape index (κ1) is 31.2. The van der Waals surface area contributed by atoms with Crippen LogP contribution in [0.2, 0.25) is 0 Å². The fourth-order valence-electron chi connectivity index (χ4n) is 10.4. The maximum atomic E-state index is 12.7. The van der Waals surface area contributed by atoms with Gasteiger partial charge in [0, 0.05) is 31.6 Å². The number of nitrogens with two attached hydrogens (primary N) is 1. The molecular formula is C33H54N2O5. The Bertz CT molecular complexity index is 1050. The molecule has 226 valence electrons. The van der Waals surface area contributed by atoms with E-state index < -0.39 is 18.2 Å². The van der Waals surface area contributed by atoms with E-state index in [2.05, 4.69) is 39.1 Å². The number of ether oxygens (including phenoxy) is 1. The van der Waals surface area contributed by atoms with Crippen molar-refractivity contribution in [2.45, 2.75) is 118 Å². The smallest absolute Gasteiger partial charge is 0.331 e. The molecule has 4 rings (SSSR count). The van der Waals surface area contributed by atoms with Crippen LogP contribution >= 0.6 is 0 Å². The molecule has 4 saturated carbocycles. The first-order valence-corrected chi connectivity index (χ1v) is 15.6. The second-order valence-electron chi connectivity index (χ2n) is 14.4. The number of aliphatic hydroxyl groups is 1. The summed E-state index contributed by atoms with van der Waals surface area (Å²) in [5.41, 5.74) is 7.57. The predicted molar refractivity (Wildman–Crippen MR) is 157 cm³/mol. The summed E-state index contributed by atoms with van der Waals surface area (Å²) < 4.78 is 5.92. The molecule has 0 bridgehead atoms. The molecule has 10 atom stereocenters. The molecule has 0 aromatic carbocycles. The zero-order chi connectivity index (χ0) is 29.6. The summed E-state index contributed by atoms with van der Waals surface area (Å²) in [6.07, 6.45) is 7.33. The van der Waals surface area contributed by atoms with E-state index in [0.717, 1.165) is 43.4 Å². The van der Waals surface area contributed by atoms with Crippen LogP contribution in [-0.4, -0.2) is 53.5 Å². The number of rotatable bonds is 8. The summed E-state index contributed by atoms with van der Waals surface area (Å²) in [5.74, 6) is -0.347. The summed E-state index contributed by atoms with van der Waals surface area (Å²) in [5, 5.41) is 26.2. The minimum absolute atomic E-state index is 0.0107. The normalized spacial score (nSPS) is 43.7. The number of aliphatic carboxylic acids is 1. The molecular weight excluding hydrogens is 504 g/mol. The molecule has 7 heteroatoms. The van der Waals surface area contributed by atoms with Gasteiger partial charge in [0.15, 0.2) is 0 Å². The van der Waals surface area contributed by atoms with Crippen molar-refractivity contribution < 1.29 is 24.5 Å². The third-order valence-electron chi connectivity index (χ3n) is 12.2. The molecule has 4 aliphatic rings. The molecule has 0 saturated heterocycles. The van der Waals surface area contributed by atoms with Gasteiger partial charge in [-0.05, 0) is 111 Å². The molecule has 4 fully saturated rings. The van der Waals surface area contributed by atoms with Gasteiger partial charge in [-0.3, -0.25) is 4.79 Å². The molecule has 0 aliphatic heterocycles. The van der Waals surface area contributed by atoms with Crippen LogP contribution in [0.25, 0.3) is 0 Å². The number of carboxylic acids is 1. The van der Waals surface area contributed by atoms with Gasteiger partial charge >= 0.3 is 11.9 Å². The Hall–Kier alpha value is -1.70. The fourth-order valence-corrected chi connectivity index (χ4v) is 10.4. The molecule has 0 amide bonds. The maximum absolute atomic E-state index is 12.7. The molecule has 0 spiro atoms. The molecule has 0 aromatic heterocycles. The number of carboxylic acid groups (broad SMARTS) is 1. The largest absolute Gasteiger partial charge is 0.478 e. The predicted octanol–water partition coefficient (Wildman–Crippen LogP) is 5.22. The van der Waals surface area contributed by atoms with Crippen LogP contribution < -0.4 is 11.1 Å². The van der Waals surface area contributed by atoms with Gasteiger partial charge in [0.05, 0.1) is 6.10 Å². The number of carbonyl (C=O) groups excluding carboxylic acids is 1. The Morgan fingerprint density at radius 3 is 2.42 bits per heavy atom. The Morgan fingerprint density at radius 2 is 1.82 bits per heavy atom. The van der Waals surface area contributed by atoms with Gasteiger partial charge in [-0.2, -0.15) is 0 Å². The van der Waals surface area contributed by atoms with Crippen LogP contribution in [-0.2, 0) is 14.3 Å². The van der Waals surface area contributed by atoms with Crippen molar-refractivity contribution in [3.63, 3.8) is 0 Å². The van der Waals surface area contributed by atoms with E-state index in [4.69, 9.17) is 10.5 Å². The topological polar surface area (TPSA) is 122 Å². The Morgan fingerprint density at radius 1 is 1.12 bits per heavy atom. The van der Waals surface area contributed by atoms with E-state index in [1.54, 1.807) is 0 Å². The minimum atomic E-state index is -0.937. The van der Waals surface area contributed by atoms with Crippen LogP contribution in [0.5, 0.6) is 0 Å². The molecule has 5 N–H and O–H groups in total. The lowest BCUT2D eigenvalue weighted by Crippen LogP contribution is -2.66. The van der Waals surface area contributed by atoms with E-state index in [-0.39, 0.29) is 34.1 Å². The average molecular weight is 559 g/mol. The lowest BCUT2D eigenvalue weighted by Gasteiger charge is -2.69. The van der Waals surface area contributed by atoms with Gasteiger partial charge in [-0.25, -0.2) is 4.79 Å². The van der Waals surface area contributed by atoms with Gasteiger partial charge in [-0.15, -0.1) is 0 Å². The maximum Gasteiger partial charge on any atom is 0.331 e. The second kappa shape index (κ2) is 11.5. The number of carbonyl (C=O) groups is 2. The highest BCUT2D eigenvalue weighted by atomic mass is 16.5. The zero-order valence-corrected chi connectivity index (χ0v) is 25.9. The van der Waals surface area contributed by atoms with E-state index in [9.17, 15) is 19.8 Å². The number of esters is 1. The number of aliphatic hydroxyl groups excluding tert-OH is 1. The first-order valence-electron chi connectivity index (χ1n) is 15.6. The van der Waals surface area contributed by atoms with Crippen molar-refractivity contribution in [2.75, 3.05) is 13.1 Å². The molecule has 1 unspecified atom stereocenters. The van der Waals surface area contributed by atoms with Crippen LogP contribution in [0.4, 0.5) is 0 Å². The number of hydrogen-bond donors (Lipinski definition) is 4. The van der Waals surface area contributed by atoms with Crippen LogP contribution in [0.15, 0.2) is 22.8 Å². The number of nitrogens with one attached hydrogen (secondary N) is 1. The molecule has 7 nitrogen and oxygen atoms in total. The third-order valence-corrected chi connectivity index (χ3v) is 12.2. The van der Waals surface area contributed by atoms with E-state index in [1.165, 1.54) is 6.92 Å². The Kier molecular flexibility index (Phi) is 9.00. The first-order chi connectivity index (χ1) is 18.7. The minimum Gasteiger partial charge on any atom is -0.478 e. The number of allylic oxidation sites excluding steroid dienone is 2. The van der Waals surface area contributed by atoms with Crippen molar-refractivity contribution >= 4 is 11.9 Å². The summed E-state index contributed by atoms with van der Waals surface area (Å²) in [6.45, 7) is 16.4. The van der Waals surface area contributed by atoms with Gasteiger partial charge in [0.1, 0.15) is 6.10 Å². The summed E-state index contributed by atoms with van der Waals surface area (Å²) >= 11 is 0. The average Bonchev–Trinajstić information content (AvgIpc) is 3.12. The van der Waals surface area contributed by atoms with Crippen LogP contribution in [0.3, 0.4) is 0 Å². The molecule has 0 aromatic rings. The molecule has 40 heavy (non-hydrogen) atoms. The summed E-state index contributed by atoms with van der Waals surface area (Å²) in [7, 11) is 0. The molecule has 4 aliphatic carbocycles. The SMILES string of the molecule is CC(=O)O[C@H]1C[C@@]2(C)[C@@H](C[C@@H](O)[C@H]3[C@@]4(C)CCC(NCCN)[C@@H](C)[C@@H]4CC[C@@]32C)/C1=C(\CCC=C(C)C)C(=O)O. The monoisotopic (exact) mass is 558 g/mol. The van der Waals surface area contributed by atoms with Crippen LogP contribution in [0.1, 0.15) is 99.8 Å². The lowest BCUT2D eigenvalue weighted by molar-refractivity contribution is -0.227. The lowest BCUT2D eigenvalue weighted by atomic mass is 9.36. The fraction of sp³-hybridized carbons (Fsp3) is 0.818. The highest BCUT2D eigenvalue weighted by molar-refractivity contribution is 5.88. The van der Waals surface area contributed by atoms with E-state index in [1.807, 2.05) is 13.8 Å².